The van der Waals surface area contributed by atoms with Gasteiger partial charge < -0.3 is 10.4 Å². The summed E-state index contributed by atoms with van der Waals surface area (Å²) in [4.78, 5) is 0. The summed E-state index contributed by atoms with van der Waals surface area (Å²) in [6.45, 7) is 0.833. The maximum Gasteiger partial charge on any atom is 0.0640 e. The number of nitrogens with one attached hydrogen (secondary N) is 1. The molecule has 0 saturated carbocycles. The highest BCUT2D eigenvalue weighted by atomic mass is 35.5. The molecule has 0 spiro atoms. The second-order valence-electron chi connectivity index (χ2n) is 3.46. The van der Waals surface area contributed by atoms with E-state index >= 15 is 0 Å². The Morgan fingerprint density at radius 1 is 1.43 bits per heavy atom. The molecule has 1 aromatic rings. The maximum atomic E-state index is 9.02. The molecule has 76 valence electrons. The zero-order valence-electron chi connectivity index (χ0n) is 7.56. The van der Waals surface area contributed by atoms with Crippen molar-refractivity contribution in [2.24, 2.45) is 0 Å². The Morgan fingerprint density at radius 2 is 2.21 bits per heavy atom. The van der Waals surface area contributed by atoms with Gasteiger partial charge in [-0.2, -0.15) is 0 Å². The first-order valence-electron chi connectivity index (χ1n) is 4.52. The first-order chi connectivity index (χ1) is 6.72. The molecule has 0 fully saturated rings. The summed E-state index contributed by atoms with van der Waals surface area (Å²) in [5.41, 5.74) is 2.24. The Balaban J connectivity index is 2.36. The maximum absolute atomic E-state index is 9.02. The Labute approximate surface area is 92.8 Å². The van der Waals surface area contributed by atoms with Crippen molar-refractivity contribution in [3.63, 3.8) is 0 Å². The third-order valence-electron chi connectivity index (χ3n) is 2.55. The van der Waals surface area contributed by atoms with Gasteiger partial charge in [0.15, 0.2) is 0 Å². The zero-order chi connectivity index (χ0) is 10.1. The molecular formula is C10H11Cl2NO. The molecule has 1 aliphatic rings. The van der Waals surface area contributed by atoms with Crippen molar-refractivity contribution in [3.05, 3.63) is 33.3 Å². The SMILES string of the molecule is OC[C@H]1Cc2ccc(Cl)c(Cl)c2CN1. The number of aliphatic hydroxyl groups excluding tert-OH is 1. The molecule has 2 rings (SSSR count). The van der Waals surface area contributed by atoms with Gasteiger partial charge in [-0.25, -0.2) is 0 Å². The minimum Gasteiger partial charge on any atom is -0.395 e. The van der Waals surface area contributed by atoms with Gasteiger partial charge in [0.05, 0.1) is 16.7 Å². The molecule has 0 aromatic heterocycles. The number of benzene rings is 1. The van der Waals surface area contributed by atoms with Crippen molar-refractivity contribution in [1.82, 2.24) is 5.32 Å². The zero-order valence-corrected chi connectivity index (χ0v) is 9.07. The number of hydrogen-bond acceptors (Lipinski definition) is 2. The summed E-state index contributed by atoms with van der Waals surface area (Å²) < 4.78 is 0. The molecule has 1 atom stereocenters. The van der Waals surface area contributed by atoms with Crippen molar-refractivity contribution in [1.29, 1.82) is 0 Å². The van der Waals surface area contributed by atoms with E-state index in [-0.39, 0.29) is 12.6 Å². The average molecular weight is 232 g/mol. The highest BCUT2D eigenvalue weighted by Crippen LogP contribution is 2.30. The van der Waals surface area contributed by atoms with E-state index in [1.807, 2.05) is 12.1 Å². The normalized spacial score (nSPS) is 20.6. The summed E-state index contributed by atoms with van der Waals surface area (Å²) in [5, 5.41) is 13.4. The molecule has 0 bridgehead atoms. The van der Waals surface area contributed by atoms with Gasteiger partial charge in [0.1, 0.15) is 0 Å². The van der Waals surface area contributed by atoms with Gasteiger partial charge in [0.25, 0.3) is 0 Å². The van der Waals surface area contributed by atoms with Crippen LogP contribution < -0.4 is 5.32 Å². The molecule has 0 saturated heterocycles. The van der Waals surface area contributed by atoms with Crippen LogP contribution >= 0.6 is 23.2 Å². The van der Waals surface area contributed by atoms with Crippen LogP contribution in [0.15, 0.2) is 12.1 Å². The van der Waals surface area contributed by atoms with Crippen LogP contribution in [0, 0.1) is 0 Å². The molecule has 2 nitrogen and oxygen atoms in total. The van der Waals surface area contributed by atoms with Crippen LogP contribution in [0.3, 0.4) is 0 Å². The minimum atomic E-state index is 0.139. The molecule has 0 unspecified atom stereocenters. The summed E-state index contributed by atoms with van der Waals surface area (Å²) in [7, 11) is 0. The van der Waals surface area contributed by atoms with Gasteiger partial charge in [-0.3, -0.25) is 0 Å². The first-order valence-corrected chi connectivity index (χ1v) is 5.28. The van der Waals surface area contributed by atoms with E-state index in [9.17, 15) is 0 Å². The molecule has 0 radical (unpaired) electrons. The number of fused-ring (bicyclic) bond motifs is 1. The van der Waals surface area contributed by atoms with Crippen LogP contribution in [0.5, 0.6) is 0 Å². The van der Waals surface area contributed by atoms with E-state index in [2.05, 4.69) is 5.32 Å². The van der Waals surface area contributed by atoms with Crippen LogP contribution in [0.25, 0.3) is 0 Å². The monoisotopic (exact) mass is 231 g/mol. The van der Waals surface area contributed by atoms with E-state index in [1.165, 1.54) is 5.56 Å². The Kier molecular flexibility index (Phi) is 2.98. The quantitative estimate of drug-likeness (QED) is 0.776. The van der Waals surface area contributed by atoms with Gasteiger partial charge in [-0.05, 0) is 23.6 Å². The fourth-order valence-electron chi connectivity index (χ4n) is 1.73. The first kappa shape index (κ1) is 10.2. The number of aliphatic hydroxyl groups is 1. The van der Waals surface area contributed by atoms with Crippen LogP contribution in [-0.4, -0.2) is 17.8 Å². The smallest absolute Gasteiger partial charge is 0.0640 e. The molecular weight excluding hydrogens is 221 g/mol. The molecule has 4 heteroatoms. The lowest BCUT2D eigenvalue weighted by atomic mass is 9.96. The van der Waals surface area contributed by atoms with Crippen molar-refractivity contribution in [2.45, 2.75) is 19.0 Å². The molecule has 0 amide bonds. The fraction of sp³-hybridized carbons (Fsp3) is 0.400. The number of rotatable bonds is 1. The second kappa shape index (κ2) is 4.07. The largest absolute Gasteiger partial charge is 0.395 e. The lowest BCUT2D eigenvalue weighted by Crippen LogP contribution is -2.38. The second-order valence-corrected chi connectivity index (χ2v) is 4.25. The van der Waals surface area contributed by atoms with Crippen LogP contribution in [0.1, 0.15) is 11.1 Å². The van der Waals surface area contributed by atoms with Gasteiger partial charge >= 0.3 is 0 Å². The molecule has 2 N–H and O–H groups in total. The molecule has 14 heavy (non-hydrogen) atoms. The Morgan fingerprint density at radius 3 is 2.93 bits per heavy atom. The lowest BCUT2D eigenvalue weighted by Gasteiger charge is -2.25. The predicted molar refractivity (Wildman–Crippen MR) is 57.9 cm³/mol. The minimum absolute atomic E-state index is 0.139. The van der Waals surface area contributed by atoms with Crippen molar-refractivity contribution in [3.8, 4) is 0 Å². The number of hydrogen-bond donors (Lipinski definition) is 2. The topological polar surface area (TPSA) is 32.3 Å². The highest BCUT2D eigenvalue weighted by Gasteiger charge is 2.20. The average Bonchev–Trinajstić information content (AvgIpc) is 2.23. The van der Waals surface area contributed by atoms with E-state index in [4.69, 9.17) is 28.3 Å². The van der Waals surface area contributed by atoms with E-state index in [1.54, 1.807) is 0 Å². The molecule has 0 aliphatic carbocycles. The fourth-order valence-corrected chi connectivity index (χ4v) is 2.16. The Hall–Kier alpha value is -0.280. The third kappa shape index (κ3) is 1.75. The number of halogens is 2. The summed E-state index contributed by atoms with van der Waals surface area (Å²) >= 11 is 12.0. The van der Waals surface area contributed by atoms with E-state index in [0.29, 0.717) is 16.6 Å². The van der Waals surface area contributed by atoms with Gasteiger partial charge in [0, 0.05) is 12.6 Å². The molecule has 1 aromatic carbocycles. The van der Waals surface area contributed by atoms with Crippen LogP contribution in [0.2, 0.25) is 10.0 Å². The summed E-state index contributed by atoms with van der Waals surface area (Å²) in [5.74, 6) is 0. The van der Waals surface area contributed by atoms with Crippen LogP contribution in [0.4, 0.5) is 0 Å². The van der Waals surface area contributed by atoms with Crippen molar-refractivity contribution < 1.29 is 5.11 Å². The highest BCUT2D eigenvalue weighted by molar-refractivity contribution is 6.42. The molecule has 1 heterocycles. The standard InChI is InChI=1S/C10H11Cl2NO/c11-9-2-1-6-3-7(5-14)13-4-8(6)10(9)12/h1-2,7,13-14H,3-5H2/t7-/m1/s1. The lowest BCUT2D eigenvalue weighted by molar-refractivity contribution is 0.236. The van der Waals surface area contributed by atoms with Gasteiger partial charge in [0.2, 0.25) is 0 Å². The van der Waals surface area contributed by atoms with Gasteiger partial charge in [-0.15, -0.1) is 0 Å². The molecule has 1 aliphatic heterocycles. The van der Waals surface area contributed by atoms with Crippen molar-refractivity contribution in [2.75, 3.05) is 6.61 Å². The summed E-state index contributed by atoms with van der Waals surface area (Å²) in [6, 6.07) is 3.93. The van der Waals surface area contributed by atoms with E-state index < -0.39 is 0 Å². The van der Waals surface area contributed by atoms with Crippen molar-refractivity contribution >= 4 is 23.2 Å². The van der Waals surface area contributed by atoms with E-state index in [0.717, 1.165) is 12.0 Å². The Bertz CT molecular complexity index is 354. The predicted octanol–water partition coefficient (Wildman–Crippen LogP) is 2.00. The van der Waals surface area contributed by atoms with Gasteiger partial charge in [-0.1, -0.05) is 29.3 Å². The van der Waals surface area contributed by atoms with Crippen LogP contribution in [-0.2, 0) is 13.0 Å². The third-order valence-corrected chi connectivity index (χ3v) is 3.39. The summed E-state index contributed by atoms with van der Waals surface area (Å²) in [6.07, 6.45) is 0.808.